The number of nitrogens with zero attached hydrogens (tertiary/aromatic N) is 2. The van der Waals surface area contributed by atoms with E-state index >= 15 is 0 Å². The summed E-state index contributed by atoms with van der Waals surface area (Å²) in [7, 11) is 3.45. The zero-order chi connectivity index (χ0) is 11.7. The van der Waals surface area contributed by atoms with Crippen molar-refractivity contribution in [2.24, 2.45) is 12.8 Å². The molecule has 0 saturated carbocycles. The van der Waals surface area contributed by atoms with Gasteiger partial charge in [0.2, 0.25) is 0 Å². The van der Waals surface area contributed by atoms with Crippen molar-refractivity contribution in [2.75, 3.05) is 13.7 Å². The first kappa shape index (κ1) is 10.9. The van der Waals surface area contributed by atoms with Crippen molar-refractivity contribution < 1.29 is 9.84 Å². The third-order valence-electron chi connectivity index (χ3n) is 2.65. The number of hydrogen-bond acceptors (Lipinski definition) is 4. The van der Waals surface area contributed by atoms with Gasteiger partial charge in [0, 0.05) is 13.6 Å². The highest BCUT2D eigenvalue weighted by Gasteiger charge is 2.16. The van der Waals surface area contributed by atoms with Gasteiger partial charge in [0.05, 0.1) is 12.6 Å². The normalized spacial score (nSPS) is 13.0. The third kappa shape index (κ3) is 1.54. The number of imidazole rings is 1. The molecule has 0 spiro atoms. The molecule has 2 aromatic rings. The van der Waals surface area contributed by atoms with Crippen LogP contribution in [0.2, 0.25) is 0 Å². The summed E-state index contributed by atoms with van der Waals surface area (Å²) in [5, 5.41) is 9.73. The van der Waals surface area contributed by atoms with E-state index < -0.39 is 6.10 Å². The van der Waals surface area contributed by atoms with Gasteiger partial charge in [0.1, 0.15) is 23.2 Å². The quantitative estimate of drug-likeness (QED) is 0.795. The van der Waals surface area contributed by atoms with Crippen LogP contribution in [-0.2, 0) is 7.05 Å². The number of benzene rings is 1. The van der Waals surface area contributed by atoms with E-state index in [-0.39, 0.29) is 6.54 Å². The van der Waals surface area contributed by atoms with Gasteiger partial charge in [-0.05, 0) is 12.1 Å². The molecule has 1 atom stereocenters. The van der Waals surface area contributed by atoms with Crippen molar-refractivity contribution >= 4 is 11.0 Å². The summed E-state index contributed by atoms with van der Waals surface area (Å²) in [6.07, 6.45) is -0.748. The molecule has 0 aliphatic rings. The lowest BCUT2D eigenvalue weighted by Gasteiger charge is -2.06. The number of nitrogens with two attached hydrogens (primary N) is 1. The Bertz CT molecular complexity index is 507. The highest BCUT2D eigenvalue weighted by molar-refractivity contribution is 5.82. The molecule has 0 bridgehead atoms. The summed E-state index contributed by atoms with van der Waals surface area (Å²) in [6.45, 7) is 0.152. The molecule has 86 valence electrons. The van der Waals surface area contributed by atoms with Gasteiger partial charge in [0.15, 0.2) is 0 Å². The lowest BCUT2D eigenvalue weighted by atomic mass is 10.3. The number of ether oxygens (including phenoxy) is 1. The number of methoxy groups -OCH3 is 1. The fourth-order valence-electron chi connectivity index (χ4n) is 1.77. The number of aromatic nitrogens is 2. The maximum atomic E-state index is 9.73. The third-order valence-corrected chi connectivity index (χ3v) is 2.65. The summed E-state index contributed by atoms with van der Waals surface area (Å²) >= 11 is 0. The van der Waals surface area contributed by atoms with Crippen molar-refractivity contribution in [1.29, 1.82) is 0 Å². The standard InChI is InChI=1S/C11H15N3O2/c1-14-7-4-3-5-9(16-2)10(7)13-11(14)8(15)6-12/h3-5,8,15H,6,12H2,1-2H3. The molecular formula is C11H15N3O2. The van der Waals surface area contributed by atoms with Gasteiger partial charge >= 0.3 is 0 Å². The Labute approximate surface area is 93.5 Å². The second-order valence-corrected chi connectivity index (χ2v) is 3.61. The zero-order valence-electron chi connectivity index (χ0n) is 9.34. The molecule has 0 amide bonds. The average Bonchev–Trinajstić information content (AvgIpc) is 2.66. The summed E-state index contributed by atoms with van der Waals surface area (Å²) in [6, 6.07) is 5.66. The first-order chi connectivity index (χ1) is 7.69. The van der Waals surface area contributed by atoms with E-state index in [0.29, 0.717) is 11.6 Å². The smallest absolute Gasteiger partial charge is 0.146 e. The molecule has 0 radical (unpaired) electrons. The minimum atomic E-state index is -0.748. The molecule has 0 aliphatic carbocycles. The Morgan fingerprint density at radius 3 is 2.94 bits per heavy atom. The highest BCUT2D eigenvalue weighted by Crippen LogP contribution is 2.26. The van der Waals surface area contributed by atoms with Gasteiger partial charge in [-0.2, -0.15) is 0 Å². The van der Waals surface area contributed by atoms with Gasteiger partial charge in [-0.15, -0.1) is 0 Å². The number of aryl methyl sites for hydroxylation is 1. The number of para-hydroxylation sites is 1. The molecule has 0 aliphatic heterocycles. The number of aliphatic hydroxyl groups excluding tert-OH is 1. The van der Waals surface area contributed by atoms with E-state index in [1.54, 1.807) is 7.11 Å². The molecule has 1 heterocycles. The van der Waals surface area contributed by atoms with Crippen LogP contribution in [0, 0.1) is 0 Å². The molecule has 2 rings (SSSR count). The van der Waals surface area contributed by atoms with Crippen molar-refractivity contribution in [1.82, 2.24) is 9.55 Å². The van der Waals surface area contributed by atoms with Crippen molar-refractivity contribution in [3.63, 3.8) is 0 Å². The number of fused-ring (bicyclic) bond motifs is 1. The molecule has 1 aromatic heterocycles. The first-order valence-corrected chi connectivity index (χ1v) is 5.06. The zero-order valence-corrected chi connectivity index (χ0v) is 9.34. The molecule has 16 heavy (non-hydrogen) atoms. The Balaban J connectivity index is 2.67. The molecule has 1 aromatic carbocycles. The van der Waals surface area contributed by atoms with E-state index in [0.717, 1.165) is 11.0 Å². The number of hydrogen-bond donors (Lipinski definition) is 2. The van der Waals surface area contributed by atoms with Crippen LogP contribution in [0.4, 0.5) is 0 Å². The maximum absolute atomic E-state index is 9.73. The summed E-state index contributed by atoms with van der Waals surface area (Å²) in [4.78, 5) is 4.36. The van der Waals surface area contributed by atoms with Crippen molar-refractivity contribution in [3.8, 4) is 5.75 Å². The van der Waals surface area contributed by atoms with Crippen molar-refractivity contribution in [2.45, 2.75) is 6.10 Å². The fourth-order valence-corrected chi connectivity index (χ4v) is 1.77. The number of rotatable bonds is 3. The van der Waals surface area contributed by atoms with Gasteiger partial charge in [-0.3, -0.25) is 0 Å². The van der Waals surface area contributed by atoms with E-state index in [9.17, 15) is 5.11 Å². The first-order valence-electron chi connectivity index (χ1n) is 5.06. The van der Waals surface area contributed by atoms with Gasteiger partial charge < -0.3 is 20.1 Å². The molecule has 5 heteroatoms. The largest absolute Gasteiger partial charge is 0.494 e. The topological polar surface area (TPSA) is 73.3 Å². The van der Waals surface area contributed by atoms with E-state index in [2.05, 4.69) is 4.98 Å². The summed E-state index contributed by atoms with van der Waals surface area (Å²) < 4.78 is 7.05. The lowest BCUT2D eigenvalue weighted by molar-refractivity contribution is 0.174. The lowest BCUT2D eigenvalue weighted by Crippen LogP contribution is -2.15. The van der Waals surface area contributed by atoms with Crippen LogP contribution < -0.4 is 10.5 Å². The summed E-state index contributed by atoms with van der Waals surface area (Å²) in [5.74, 6) is 1.26. The minimum Gasteiger partial charge on any atom is -0.494 e. The van der Waals surface area contributed by atoms with Crippen LogP contribution in [0.1, 0.15) is 11.9 Å². The average molecular weight is 221 g/mol. The number of aliphatic hydroxyl groups is 1. The van der Waals surface area contributed by atoms with Crippen LogP contribution >= 0.6 is 0 Å². The predicted octanol–water partition coefficient (Wildman–Crippen LogP) is 0.574. The Kier molecular flexibility index (Phi) is 2.80. The second kappa shape index (κ2) is 4.11. The molecular weight excluding hydrogens is 206 g/mol. The molecule has 0 saturated heterocycles. The fraction of sp³-hybridized carbons (Fsp3) is 0.364. The van der Waals surface area contributed by atoms with E-state index in [1.165, 1.54) is 0 Å². The minimum absolute atomic E-state index is 0.152. The maximum Gasteiger partial charge on any atom is 0.146 e. The van der Waals surface area contributed by atoms with E-state index in [4.69, 9.17) is 10.5 Å². The van der Waals surface area contributed by atoms with Gasteiger partial charge in [0.25, 0.3) is 0 Å². The Morgan fingerprint density at radius 1 is 1.56 bits per heavy atom. The Hall–Kier alpha value is -1.59. The van der Waals surface area contributed by atoms with Crippen LogP contribution in [0.5, 0.6) is 5.75 Å². The van der Waals surface area contributed by atoms with Crippen LogP contribution in [0.15, 0.2) is 18.2 Å². The molecule has 5 nitrogen and oxygen atoms in total. The van der Waals surface area contributed by atoms with Crippen LogP contribution in [-0.4, -0.2) is 28.3 Å². The summed E-state index contributed by atoms with van der Waals surface area (Å²) in [5.41, 5.74) is 7.09. The SMILES string of the molecule is COc1cccc2c1nc(C(O)CN)n2C. The van der Waals surface area contributed by atoms with Crippen molar-refractivity contribution in [3.05, 3.63) is 24.0 Å². The van der Waals surface area contributed by atoms with Crippen LogP contribution in [0.3, 0.4) is 0 Å². The van der Waals surface area contributed by atoms with E-state index in [1.807, 2.05) is 29.8 Å². The van der Waals surface area contributed by atoms with Crippen LogP contribution in [0.25, 0.3) is 11.0 Å². The molecule has 0 fully saturated rings. The monoisotopic (exact) mass is 221 g/mol. The van der Waals surface area contributed by atoms with Gasteiger partial charge in [-0.1, -0.05) is 6.07 Å². The Morgan fingerprint density at radius 2 is 2.31 bits per heavy atom. The predicted molar refractivity (Wildman–Crippen MR) is 61.3 cm³/mol. The highest BCUT2D eigenvalue weighted by atomic mass is 16.5. The molecule has 1 unspecified atom stereocenters. The van der Waals surface area contributed by atoms with Gasteiger partial charge in [-0.25, -0.2) is 4.98 Å². The molecule has 3 N–H and O–H groups in total. The second-order valence-electron chi connectivity index (χ2n) is 3.61.